The lowest BCUT2D eigenvalue weighted by Crippen LogP contribution is -1.87. The van der Waals surface area contributed by atoms with E-state index < -0.39 is 0 Å². The van der Waals surface area contributed by atoms with Crippen LogP contribution >= 0.6 is 0 Å². The van der Waals surface area contributed by atoms with Crippen molar-refractivity contribution in [2.75, 3.05) is 0 Å². The van der Waals surface area contributed by atoms with Crippen molar-refractivity contribution in [3.05, 3.63) is 73.1 Å². The molecule has 1 aromatic heterocycles. The van der Waals surface area contributed by atoms with Gasteiger partial charge in [-0.15, -0.1) is 0 Å². The van der Waals surface area contributed by atoms with E-state index in [1.54, 1.807) is 12.4 Å². The molecule has 0 radical (unpaired) electrons. The van der Waals surface area contributed by atoms with Crippen LogP contribution in [-0.2, 0) is 0 Å². The maximum Gasteiger partial charge on any atom is 0.153 e. The molecule has 0 aliphatic heterocycles. The summed E-state index contributed by atoms with van der Waals surface area (Å²) in [4.78, 5) is 8.19. The van der Waals surface area contributed by atoms with E-state index in [1.807, 2.05) is 60.7 Å². The molecule has 102 valence electrons. The Morgan fingerprint density at radius 2 is 1.62 bits per heavy atom. The van der Waals surface area contributed by atoms with E-state index in [0.717, 1.165) is 22.6 Å². The summed E-state index contributed by atoms with van der Waals surface area (Å²) < 4.78 is 5.91. The highest BCUT2D eigenvalue weighted by molar-refractivity contribution is 5.81. The zero-order chi connectivity index (χ0) is 14.5. The van der Waals surface area contributed by atoms with Crippen LogP contribution in [-0.4, -0.2) is 11.7 Å². The number of nitrogens with zero attached hydrogens (tertiary/aromatic N) is 2. The normalized spacial score (nSPS) is 10.1. The van der Waals surface area contributed by atoms with Crippen molar-refractivity contribution in [1.29, 1.82) is 0 Å². The number of pyridine rings is 1. The largest absolute Gasteiger partial charge is 0.455 e. The standard InChI is InChI=1S/C18H14N2O/c1-19-18-16(14-10-12-20-13-11-14)8-5-9-17(18)21-15-6-3-2-4-7-15/h2-13H,1H2. The van der Waals surface area contributed by atoms with Gasteiger partial charge in [0.15, 0.2) is 5.75 Å². The molecule has 0 spiro atoms. The van der Waals surface area contributed by atoms with Crippen molar-refractivity contribution in [2.45, 2.75) is 0 Å². The van der Waals surface area contributed by atoms with Crippen LogP contribution in [0.15, 0.2) is 78.0 Å². The van der Waals surface area contributed by atoms with Crippen molar-refractivity contribution in [3.63, 3.8) is 0 Å². The Morgan fingerprint density at radius 3 is 2.33 bits per heavy atom. The summed E-state index contributed by atoms with van der Waals surface area (Å²) in [7, 11) is 0. The Kier molecular flexibility index (Phi) is 3.74. The Hall–Kier alpha value is -2.94. The lowest BCUT2D eigenvalue weighted by atomic mass is 10.0. The van der Waals surface area contributed by atoms with Gasteiger partial charge >= 0.3 is 0 Å². The third-order valence-corrected chi connectivity index (χ3v) is 3.12. The summed E-state index contributed by atoms with van der Waals surface area (Å²) in [5.41, 5.74) is 2.74. The van der Waals surface area contributed by atoms with Gasteiger partial charge in [0.1, 0.15) is 11.4 Å². The molecule has 3 heteroatoms. The lowest BCUT2D eigenvalue weighted by Gasteiger charge is -2.12. The molecule has 2 aromatic carbocycles. The number of para-hydroxylation sites is 2. The summed E-state index contributed by atoms with van der Waals surface area (Å²) >= 11 is 0. The molecular weight excluding hydrogens is 260 g/mol. The molecular formula is C18H14N2O. The van der Waals surface area contributed by atoms with Crippen molar-refractivity contribution >= 4 is 12.4 Å². The molecule has 0 aliphatic carbocycles. The van der Waals surface area contributed by atoms with Gasteiger partial charge in [0, 0.05) is 18.0 Å². The van der Waals surface area contributed by atoms with E-state index in [0.29, 0.717) is 5.75 Å². The highest BCUT2D eigenvalue weighted by atomic mass is 16.5. The fraction of sp³-hybridized carbons (Fsp3) is 0. The minimum absolute atomic E-state index is 0.686. The quantitative estimate of drug-likeness (QED) is 0.636. The van der Waals surface area contributed by atoms with Crippen LogP contribution < -0.4 is 4.74 Å². The monoisotopic (exact) mass is 274 g/mol. The molecule has 0 aliphatic rings. The van der Waals surface area contributed by atoms with Gasteiger partial charge in [-0.25, -0.2) is 0 Å². The number of ether oxygens (including phenoxy) is 1. The average Bonchev–Trinajstić information content (AvgIpc) is 2.56. The topological polar surface area (TPSA) is 34.5 Å². The third-order valence-electron chi connectivity index (χ3n) is 3.12. The van der Waals surface area contributed by atoms with E-state index in [1.165, 1.54) is 0 Å². The van der Waals surface area contributed by atoms with Crippen LogP contribution in [0.2, 0.25) is 0 Å². The van der Waals surface area contributed by atoms with Crippen molar-refractivity contribution < 1.29 is 4.74 Å². The smallest absolute Gasteiger partial charge is 0.153 e. The molecule has 0 saturated carbocycles. The van der Waals surface area contributed by atoms with Crippen molar-refractivity contribution in [3.8, 4) is 22.6 Å². The summed E-state index contributed by atoms with van der Waals surface area (Å²) in [6.45, 7) is 3.67. The van der Waals surface area contributed by atoms with Gasteiger partial charge in [-0.2, -0.15) is 0 Å². The van der Waals surface area contributed by atoms with E-state index in [4.69, 9.17) is 4.74 Å². The number of aliphatic imine (C=N–C) groups is 1. The average molecular weight is 274 g/mol. The van der Waals surface area contributed by atoms with E-state index in [9.17, 15) is 0 Å². The molecule has 0 fully saturated rings. The molecule has 1 heterocycles. The SMILES string of the molecule is C=Nc1c(Oc2ccccc2)cccc1-c1ccncc1. The van der Waals surface area contributed by atoms with Gasteiger partial charge in [0.2, 0.25) is 0 Å². The second-order valence-electron chi connectivity index (χ2n) is 4.46. The lowest BCUT2D eigenvalue weighted by molar-refractivity contribution is 0.484. The van der Waals surface area contributed by atoms with Crippen LogP contribution in [0.25, 0.3) is 11.1 Å². The molecule has 0 atom stereocenters. The summed E-state index contributed by atoms with van der Waals surface area (Å²) in [6.07, 6.45) is 3.51. The molecule has 0 N–H and O–H groups in total. The summed E-state index contributed by atoms with van der Waals surface area (Å²) in [6, 6.07) is 19.4. The number of hydrogen-bond donors (Lipinski definition) is 0. The highest BCUT2D eigenvalue weighted by Gasteiger charge is 2.10. The molecule has 0 bridgehead atoms. The number of hydrogen-bond acceptors (Lipinski definition) is 3. The molecule has 0 unspecified atom stereocenters. The Labute approximate surface area is 123 Å². The first-order chi connectivity index (χ1) is 10.4. The van der Waals surface area contributed by atoms with Crippen LogP contribution in [0.5, 0.6) is 11.5 Å². The third kappa shape index (κ3) is 2.82. The zero-order valence-electron chi connectivity index (χ0n) is 11.4. The predicted octanol–water partition coefficient (Wildman–Crippen LogP) is 4.87. The van der Waals surface area contributed by atoms with Gasteiger partial charge in [0.05, 0.1) is 0 Å². The molecule has 3 rings (SSSR count). The molecule has 0 saturated heterocycles. The fourth-order valence-electron chi connectivity index (χ4n) is 2.15. The Bertz CT molecular complexity index is 740. The Morgan fingerprint density at radius 1 is 0.857 bits per heavy atom. The van der Waals surface area contributed by atoms with Gasteiger partial charge < -0.3 is 4.74 Å². The Balaban J connectivity index is 2.04. The van der Waals surface area contributed by atoms with Crippen LogP contribution in [0.4, 0.5) is 5.69 Å². The number of benzene rings is 2. The van der Waals surface area contributed by atoms with Gasteiger partial charge in [-0.3, -0.25) is 9.98 Å². The van der Waals surface area contributed by atoms with Gasteiger partial charge in [-0.05, 0) is 42.6 Å². The first-order valence-corrected chi connectivity index (χ1v) is 6.61. The number of aromatic nitrogens is 1. The minimum Gasteiger partial charge on any atom is -0.455 e. The molecule has 0 amide bonds. The van der Waals surface area contributed by atoms with Crippen molar-refractivity contribution in [1.82, 2.24) is 4.98 Å². The maximum absolute atomic E-state index is 5.91. The van der Waals surface area contributed by atoms with Gasteiger partial charge in [-0.1, -0.05) is 30.3 Å². The van der Waals surface area contributed by atoms with Crippen LogP contribution in [0.3, 0.4) is 0 Å². The maximum atomic E-state index is 5.91. The molecule has 3 aromatic rings. The van der Waals surface area contributed by atoms with Crippen LogP contribution in [0, 0.1) is 0 Å². The van der Waals surface area contributed by atoms with Gasteiger partial charge in [0.25, 0.3) is 0 Å². The fourth-order valence-corrected chi connectivity index (χ4v) is 2.15. The minimum atomic E-state index is 0.686. The summed E-state index contributed by atoms with van der Waals surface area (Å²) in [5, 5.41) is 0. The summed E-state index contributed by atoms with van der Waals surface area (Å²) in [5.74, 6) is 1.46. The number of rotatable bonds is 4. The molecule has 21 heavy (non-hydrogen) atoms. The highest BCUT2D eigenvalue weighted by Crippen LogP contribution is 2.39. The first-order valence-electron chi connectivity index (χ1n) is 6.61. The van der Waals surface area contributed by atoms with E-state index in [2.05, 4.69) is 16.7 Å². The van der Waals surface area contributed by atoms with E-state index in [-0.39, 0.29) is 0 Å². The second kappa shape index (κ2) is 6.01. The van der Waals surface area contributed by atoms with Crippen molar-refractivity contribution in [2.24, 2.45) is 4.99 Å². The zero-order valence-corrected chi connectivity index (χ0v) is 11.4. The molecule has 3 nitrogen and oxygen atoms in total. The predicted molar refractivity (Wildman–Crippen MR) is 85.4 cm³/mol. The first kappa shape index (κ1) is 13.1. The van der Waals surface area contributed by atoms with Crippen LogP contribution in [0.1, 0.15) is 0 Å². The van der Waals surface area contributed by atoms with E-state index >= 15 is 0 Å². The second-order valence-corrected chi connectivity index (χ2v) is 4.46.